The number of nitrogens with zero attached hydrogens (tertiary/aromatic N) is 1. The van der Waals surface area contributed by atoms with E-state index in [0.717, 1.165) is 11.1 Å². The molecule has 0 bridgehead atoms. The smallest absolute Gasteiger partial charge is 0.162 e. The van der Waals surface area contributed by atoms with Crippen LogP contribution in [0, 0.1) is 5.92 Å². The fraction of sp³-hybridized carbons (Fsp3) is 0.455. The molecule has 1 unspecified atom stereocenters. The van der Waals surface area contributed by atoms with Gasteiger partial charge in [0.1, 0.15) is 5.54 Å². The molecule has 2 aromatic carbocycles. The fourth-order valence-corrected chi connectivity index (χ4v) is 3.55. The lowest BCUT2D eigenvalue weighted by molar-refractivity contribution is -0.357. The Morgan fingerprint density at radius 2 is 1.38 bits per heavy atom. The van der Waals surface area contributed by atoms with Crippen LogP contribution in [0.25, 0.3) is 0 Å². The summed E-state index contributed by atoms with van der Waals surface area (Å²) < 4.78 is 11.9. The van der Waals surface area contributed by atoms with Crippen molar-refractivity contribution < 1.29 is 14.7 Å². The van der Waals surface area contributed by atoms with E-state index in [9.17, 15) is 5.21 Å². The van der Waals surface area contributed by atoms with Gasteiger partial charge in [0.15, 0.2) is 5.79 Å². The van der Waals surface area contributed by atoms with Crippen molar-refractivity contribution in [1.82, 2.24) is 5.06 Å². The Balaban J connectivity index is 2.03. The monoisotopic (exact) mass is 354 g/mol. The Labute approximate surface area is 156 Å². The normalized spacial score (nSPS) is 20.3. The summed E-state index contributed by atoms with van der Waals surface area (Å²) in [6.45, 7) is 8.51. The van der Waals surface area contributed by atoms with E-state index in [1.165, 1.54) is 5.06 Å². The first kappa shape index (κ1) is 19.1. The van der Waals surface area contributed by atoms with Crippen LogP contribution in [-0.2, 0) is 20.2 Å². The van der Waals surface area contributed by atoms with Crippen LogP contribution in [0.3, 0.4) is 0 Å². The quantitative estimate of drug-likeness (QED) is 0.730. The van der Waals surface area contributed by atoms with E-state index in [-0.39, 0.29) is 12.0 Å². The fourth-order valence-electron chi connectivity index (χ4n) is 3.55. The number of ether oxygens (including phenoxy) is 2. The molecule has 26 heavy (non-hydrogen) atoms. The van der Waals surface area contributed by atoms with E-state index in [1.54, 1.807) is 0 Å². The molecule has 1 aliphatic rings. The van der Waals surface area contributed by atoms with E-state index < -0.39 is 11.3 Å². The van der Waals surface area contributed by atoms with Crippen molar-refractivity contribution in [1.29, 1.82) is 0 Å². The van der Waals surface area contributed by atoms with Crippen LogP contribution < -0.4 is 0 Å². The van der Waals surface area contributed by atoms with Gasteiger partial charge in [-0.3, -0.25) is 0 Å². The molecule has 1 atom stereocenters. The molecule has 1 radical (unpaired) electrons. The Morgan fingerprint density at radius 3 is 1.88 bits per heavy atom. The lowest BCUT2D eigenvalue weighted by Crippen LogP contribution is -2.58. The molecule has 0 aromatic heterocycles. The van der Waals surface area contributed by atoms with E-state index in [1.807, 2.05) is 74.5 Å². The Morgan fingerprint density at radius 1 is 0.885 bits per heavy atom. The second-order valence-corrected chi connectivity index (χ2v) is 7.80. The molecule has 0 aliphatic carbocycles. The summed E-state index contributed by atoms with van der Waals surface area (Å²) in [5.74, 6) is -0.537. The van der Waals surface area contributed by atoms with Crippen LogP contribution >= 0.6 is 0 Å². The number of hydrogen-bond acceptors (Lipinski definition) is 3. The summed E-state index contributed by atoms with van der Waals surface area (Å²) in [6, 6.07) is 19.5. The standard InChI is InChI=1S/C22H28NO3/c1-17(2)20(18-11-7-5-8-12-18)23(24)22(19-13-9-6-10-14-19)15-25-21(3,4)26-16-22/h5-14,17,20H,15-16H2,1-4H3. The minimum atomic E-state index is -0.873. The second-order valence-electron chi connectivity index (χ2n) is 7.80. The Kier molecular flexibility index (Phi) is 5.49. The van der Waals surface area contributed by atoms with Crippen molar-refractivity contribution in [2.24, 2.45) is 5.92 Å². The maximum Gasteiger partial charge on any atom is 0.162 e. The third-order valence-corrected chi connectivity index (χ3v) is 5.08. The number of hydrogen-bond donors (Lipinski definition) is 0. The third-order valence-electron chi connectivity index (χ3n) is 5.08. The highest BCUT2D eigenvalue weighted by Gasteiger charge is 2.49. The summed E-state index contributed by atoms with van der Waals surface area (Å²) in [6.07, 6.45) is 0. The summed E-state index contributed by atoms with van der Waals surface area (Å²) in [7, 11) is 0. The second kappa shape index (κ2) is 7.49. The molecular formula is C22H28NO3. The van der Waals surface area contributed by atoms with Crippen molar-refractivity contribution in [3.8, 4) is 0 Å². The zero-order valence-electron chi connectivity index (χ0n) is 16.0. The van der Waals surface area contributed by atoms with E-state index in [0.29, 0.717) is 13.2 Å². The predicted octanol–water partition coefficient (Wildman–Crippen LogP) is 4.71. The zero-order chi connectivity index (χ0) is 18.8. The van der Waals surface area contributed by atoms with Gasteiger partial charge in [-0.15, -0.1) is 10.3 Å². The molecule has 3 rings (SSSR count). The first-order valence-corrected chi connectivity index (χ1v) is 9.21. The van der Waals surface area contributed by atoms with Gasteiger partial charge in [0.25, 0.3) is 0 Å². The van der Waals surface area contributed by atoms with Crippen LogP contribution in [0.4, 0.5) is 0 Å². The minimum Gasteiger partial charge on any atom is -0.348 e. The lowest BCUT2D eigenvalue weighted by Gasteiger charge is -2.49. The van der Waals surface area contributed by atoms with Crippen LogP contribution in [0.2, 0.25) is 0 Å². The van der Waals surface area contributed by atoms with Gasteiger partial charge in [-0.1, -0.05) is 74.5 Å². The van der Waals surface area contributed by atoms with Gasteiger partial charge in [0, 0.05) is 0 Å². The highest BCUT2D eigenvalue weighted by atomic mass is 16.7. The summed E-state index contributed by atoms with van der Waals surface area (Å²) in [5.41, 5.74) is 1.06. The molecule has 1 saturated heterocycles. The summed E-state index contributed by atoms with van der Waals surface area (Å²) in [5, 5.41) is 15.0. The van der Waals surface area contributed by atoms with Crippen LogP contribution in [-0.4, -0.2) is 24.1 Å². The molecular weight excluding hydrogens is 326 g/mol. The highest BCUT2D eigenvalue weighted by molar-refractivity contribution is 5.27. The molecule has 0 spiro atoms. The molecule has 0 amide bonds. The van der Waals surface area contributed by atoms with Crippen LogP contribution in [0.5, 0.6) is 0 Å². The third kappa shape index (κ3) is 3.69. The van der Waals surface area contributed by atoms with Gasteiger partial charge in [-0.05, 0) is 30.9 Å². The minimum absolute atomic E-state index is 0.144. The maximum absolute atomic E-state index is 13.8. The number of hydroxylamine groups is 2. The van der Waals surface area contributed by atoms with E-state index in [2.05, 4.69) is 13.8 Å². The average Bonchev–Trinajstić information content (AvgIpc) is 2.63. The molecule has 4 nitrogen and oxygen atoms in total. The molecule has 4 heteroatoms. The summed E-state index contributed by atoms with van der Waals surface area (Å²) >= 11 is 0. The van der Waals surface area contributed by atoms with Crippen molar-refractivity contribution in [3.05, 3.63) is 71.8 Å². The highest BCUT2D eigenvalue weighted by Crippen LogP contribution is 2.42. The first-order chi connectivity index (χ1) is 12.4. The van der Waals surface area contributed by atoms with Gasteiger partial charge < -0.3 is 9.47 Å². The van der Waals surface area contributed by atoms with Gasteiger partial charge in [0.2, 0.25) is 0 Å². The van der Waals surface area contributed by atoms with Crippen LogP contribution in [0.15, 0.2) is 60.7 Å². The lowest BCUT2D eigenvalue weighted by atomic mass is 9.85. The molecule has 139 valence electrons. The topological polar surface area (TPSA) is 41.6 Å². The van der Waals surface area contributed by atoms with Gasteiger partial charge >= 0.3 is 0 Å². The molecule has 0 N–H and O–H groups in total. The van der Waals surface area contributed by atoms with Crippen molar-refractivity contribution >= 4 is 0 Å². The molecule has 1 fully saturated rings. The van der Waals surface area contributed by atoms with Crippen molar-refractivity contribution in [2.75, 3.05) is 13.2 Å². The first-order valence-electron chi connectivity index (χ1n) is 9.21. The molecule has 2 aromatic rings. The SMILES string of the molecule is CC(C)C(c1ccccc1)N([O])C1(c2ccccc2)COC(C)(C)OC1. The van der Waals surface area contributed by atoms with Crippen molar-refractivity contribution in [2.45, 2.75) is 45.1 Å². The van der Waals surface area contributed by atoms with E-state index >= 15 is 0 Å². The van der Waals surface area contributed by atoms with Gasteiger partial charge in [-0.2, -0.15) is 0 Å². The van der Waals surface area contributed by atoms with Crippen molar-refractivity contribution in [3.63, 3.8) is 0 Å². The molecule has 1 heterocycles. The van der Waals surface area contributed by atoms with Gasteiger partial charge in [-0.25, -0.2) is 0 Å². The summed E-state index contributed by atoms with van der Waals surface area (Å²) in [4.78, 5) is 0. The predicted molar refractivity (Wildman–Crippen MR) is 101 cm³/mol. The largest absolute Gasteiger partial charge is 0.348 e. The molecule has 1 aliphatic heterocycles. The number of rotatable bonds is 5. The number of benzene rings is 2. The maximum atomic E-state index is 13.8. The van der Waals surface area contributed by atoms with Gasteiger partial charge in [0.05, 0.1) is 19.3 Å². The van der Waals surface area contributed by atoms with Crippen LogP contribution in [0.1, 0.15) is 44.9 Å². The zero-order valence-corrected chi connectivity index (χ0v) is 16.0. The Bertz CT molecular complexity index is 690. The van der Waals surface area contributed by atoms with E-state index in [4.69, 9.17) is 9.47 Å². The Hall–Kier alpha value is -1.72. The average molecular weight is 354 g/mol. The molecule has 0 saturated carbocycles.